The second kappa shape index (κ2) is 6.18. The number of rotatable bonds is 4. The van der Waals surface area contributed by atoms with E-state index in [1.165, 1.54) is 49.2 Å². The predicted octanol–water partition coefficient (Wildman–Crippen LogP) is 0.106. The Morgan fingerprint density at radius 1 is 1.26 bits per heavy atom. The molecule has 0 unspecified atom stereocenters. The minimum atomic E-state index is -3.79. The summed E-state index contributed by atoms with van der Waals surface area (Å²) >= 11 is 0. The number of hydrogen-bond acceptors (Lipinski definition) is 6. The number of aryl methyl sites for hydroxylation is 1. The Kier molecular flexibility index (Phi) is 4.48. The van der Waals surface area contributed by atoms with Gasteiger partial charge >= 0.3 is 5.97 Å². The lowest BCUT2D eigenvalue weighted by Crippen LogP contribution is -2.14. The maximum Gasteiger partial charge on any atom is 0.356 e. The second-order valence-corrected chi connectivity index (χ2v) is 6.11. The van der Waals surface area contributed by atoms with E-state index in [0.29, 0.717) is 5.69 Å². The van der Waals surface area contributed by atoms with Crippen LogP contribution in [0.25, 0.3) is 0 Å². The van der Waals surface area contributed by atoms with Gasteiger partial charge in [-0.25, -0.2) is 18.4 Å². The van der Waals surface area contributed by atoms with E-state index >= 15 is 0 Å². The fraction of sp³-hybridized carbons (Fsp3) is 0.154. The number of aromatic nitrogens is 2. The number of esters is 1. The predicted molar refractivity (Wildman–Crippen MR) is 80.3 cm³/mol. The Labute approximate surface area is 132 Å². The first-order valence-corrected chi connectivity index (χ1v) is 7.83. The van der Waals surface area contributed by atoms with Crippen molar-refractivity contribution < 1.29 is 22.7 Å². The summed E-state index contributed by atoms with van der Waals surface area (Å²) in [5.74, 6) is -1.17. The van der Waals surface area contributed by atoms with Crippen molar-refractivity contribution in [1.29, 1.82) is 0 Å². The standard InChI is InChI=1S/C13H14N4O5S/c1-17-11(13(19)22-2)7-10(16-17)12(18)15-8-3-5-9(6-4-8)23(14,20)21/h3-7H,1-2H3,(H,15,18)(H2,14,20,21). The quantitative estimate of drug-likeness (QED) is 0.760. The number of nitrogens with two attached hydrogens (primary N) is 1. The first-order chi connectivity index (χ1) is 10.7. The van der Waals surface area contributed by atoms with Crippen molar-refractivity contribution in [2.24, 2.45) is 12.2 Å². The van der Waals surface area contributed by atoms with E-state index in [-0.39, 0.29) is 16.3 Å². The van der Waals surface area contributed by atoms with Gasteiger partial charge < -0.3 is 10.1 Å². The van der Waals surface area contributed by atoms with Crippen LogP contribution in [0.5, 0.6) is 0 Å². The highest BCUT2D eigenvalue weighted by atomic mass is 32.2. The largest absolute Gasteiger partial charge is 0.464 e. The van der Waals surface area contributed by atoms with Gasteiger partial charge in [-0.2, -0.15) is 5.10 Å². The normalized spacial score (nSPS) is 11.1. The van der Waals surface area contributed by atoms with Crippen molar-refractivity contribution in [3.8, 4) is 0 Å². The Morgan fingerprint density at radius 2 is 1.87 bits per heavy atom. The molecule has 0 aliphatic heterocycles. The van der Waals surface area contributed by atoms with E-state index in [4.69, 9.17) is 5.14 Å². The maximum absolute atomic E-state index is 12.1. The molecule has 1 heterocycles. The number of sulfonamides is 1. The van der Waals surface area contributed by atoms with Crippen molar-refractivity contribution in [1.82, 2.24) is 9.78 Å². The minimum Gasteiger partial charge on any atom is -0.464 e. The van der Waals surface area contributed by atoms with Gasteiger partial charge in [-0.3, -0.25) is 9.48 Å². The molecule has 0 spiro atoms. The highest BCUT2D eigenvalue weighted by Gasteiger charge is 2.18. The molecule has 0 saturated heterocycles. The second-order valence-electron chi connectivity index (χ2n) is 4.55. The number of hydrogen-bond donors (Lipinski definition) is 2. The Hall–Kier alpha value is -2.72. The molecule has 0 fully saturated rings. The van der Waals surface area contributed by atoms with Crippen LogP contribution in [0.3, 0.4) is 0 Å². The lowest BCUT2D eigenvalue weighted by molar-refractivity contribution is 0.0588. The first-order valence-electron chi connectivity index (χ1n) is 6.29. The van der Waals surface area contributed by atoms with E-state index in [1.807, 2.05) is 0 Å². The molecular formula is C13H14N4O5S. The molecule has 122 valence electrons. The fourth-order valence-electron chi connectivity index (χ4n) is 1.80. The van der Waals surface area contributed by atoms with Crippen molar-refractivity contribution in [2.75, 3.05) is 12.4 Å². The molecule has 1 amide bonds. The van der Waals surface area contributed by atoms with Gasteiger partial charge in [0.1, 0.15) is 5.69 Å². The molecule has 10 heteroatoms. The SMILES string of the molecule is COC(=O)c1cc(C(=O)Nc2ccc(S(N)(=O)=O)cc2)nn1C. The lowest BCUT2D eigenvalue weighted by Gasteiger charge is -2.04. The number of nitrogens with zero attached hydrogens (tertiary/aromatic N) is 2. The number of amides is 1. The van der Waals surface area contributed by atoms with Crippen LogP contribution in [-0.4, -0.2) is 37.2 Å². The molecule has 0 atom stereocenters. The van der Waals surface area contributed by atoms with Crippen LogP contribution in [0.1, 0.15) is 21.0 Å². The van der Waals surface area contributed by atoms with Gasteiger partial charge in [0, 0.05) is 18.8 Å². The maximum atomic E-state index is 12.1. The number of anilines is 1. The third kappa shape index (κ3) is 3.73. The van der Waals surface area contributed by atoms with Crippen LogP contribution in [0.15, 0.2) is 35.2 Å². The zero-order valence-corrected chi connectivity index (χ0v) is 13.1. The van der Waals surface area contributed by atoms with Gasteiger partial charge in [0.15, 0.2) is 5.69 Å². The first kappa shape index (κ1) is 16.6. The molecule has 0 aliphatic rings. The average Bonchev–Trinajstić information content (AvgIpc) is 2.88. The molecule has 3 N–H and O–H groups in total. The smallest absolute Gasteiger partial charge is 0.356 e. The lowest BCUT2D eigenvalue weighted by atomic mass is 10.3. The number of primary sulfonamides is 1. The Balaban J connectivity index is 2.18. The summed E-state index contributed by atoms with van der Waals surface area (Å²) < 4.78 is 28.1. The summed E-state index contributed by atoms with van der Waals surface area (Å²) in [6.07, 6.45) is 0. The zero-order chi connectivity index (χ0) is 17.2. The third-order valence-electron chi connectivity index (χ3n) is 2.95. The third-order valence-corrected chi connectivity index (χ3v) is 3.88. The van der Waals surface area contributed by atoms with Gasteiger partial charge in [-0.05, 0) is 24.3 Å². The Morgan fingerprint density at radius 3 is 2.39 bits per heavy atom. The summed E-state index contributed by atoms with van der Waals surface area (Å²) in [5, 5.41) is 11.4. The molecule has 9 nitrogen and oxygen atoms in total. The molecule has 2 rings (SSSR count). The molecule has 1 aromatic heterocycles. The molecular weight excluding hydrogens is 324 g/mol. The molecule has 2 aromatic rings. The molecule has 1 aromatic carbocycles. The molecule has 0 saturated carbocycles. The van der Waals surface area contributed by atoms with Crippen LogP contribution in [-0.2, 0) is 21.8 Å². The zero-order valence-electron chi connectivity index (χ0n) is 12.3. The van der Waals surface area contributed by atoms with Crippen LogP contribution in [0, 0.1) is 0 Å². The Bertz CT molecular complexity index is 855. The summed E-state index contributed by atoms with van der Waals surface area (Å²) in [7, 11) is -1.07. The number of carbonyl (C=O) groups is 2. The average molecular weight is 338 g/mol. The number of carbonyl (C=O) groups excluding carboxylic acids is 2. The van der Waals surface area contributed by atoms with Crippen molar-refractivity contribution in [2.45, 2.75) is 4.90 Å². The molecule has 0 radical (unpaired) electrons. The van der Waals surface area contributed by atoms with Gasteiger partial charge in [0.2, 0.25) is 10.0 Å². The summed E-state index contributed by atoms with van der Waals surface area (Å²) in [6, 6.07) is 6.61. The van der Waals surface area contributed by atoms with E-state index < -0.39 is 21.9 Å². The van der Waals surface area contributed by atoms with Gasteiger partial charge in [-0.1, -0.05) is 0 Å². The minimum absolute atomic E-state index is 0.0171. The van der Waals surface area contributed by atoms with Crippen LogP contribution in [0.2, 0.25) is 0 Å². The molecule has 23 heavy (non-hydrogen) atoms. The summed E-state index contributed by atoms with van der Waals surface area (Å²) in [4.78, 5) is 23.5. The number of ether oxygens (including phenoxy) is 1. The van der Waals surface area contributed by atoms with Crippen molar-refractivity contribution in [3.63, 3.8) is 0 Å². The fourth-order valence-corrected chi connectivity index (χ4v) is 2.31. The molecule has 0 bridgehead atoms. The van der Waals surface area contributed by atoms with Crippen LogP contribution < -0.4 is 10.5 Å². The topological polar surface area (TPSA) is 133 Å². The van der Waals surface area contributed by atoms with E-state index in [0.717, 1.165) is 0 Å². The van der Waals surface area contributed by atoms with Crippen LogP contribution in [0.4, 0.5) is 5.69 Å². The summed E-state index contributed by atoms with van der Waals surface area (Å²) in [6.45, 7) is 0. The highest BCUT2D eigenvalue weighted by Crippen LogP contribution is 2.14. The number of benzene rings is 1. The van der Waals surface area contributed by atoms with E-state index in [9.17, 15) is 18.0 Å². The molecule has 0 aliphatic carbocycles. The van der Waals surface area contributed by atoms with Crippen molar-refractivity contribution >= 4 is 27.6 Å². The highest BCUT2D eigenvalue weighted by molar-refractivity contribution is 7.89. The van der Waals surface area contributed by atoms with Crippen molar-refractivity contribution in [3.05, 3.63) is 41.7 Å². The van der Waals surface area contributed by atoms with E-state index in [2.05, 4.69) is 15.2 Å². The van der Waals surface area contributed by atoms with Gasteiger partial charge in [0.05, 0.1) is 12.0 Å². The monoisotopic (exact) mass is 338 g/mol. The summed E-state index contributed by atoms with van der Waals surface area (Å²) in [5.41, 5.74) is 0.498. The number of methoxy groups -OCH3 is 1. The number of nitrogens with one attached hydrogen (secondary N) is 1. The van der Waals surface area contributed by atoms with E-state index in [1.54, 1.807) is 0 Å². The van der Waals surface area contributed by atoms with Gasteiger partial charge in [0.25, 0.3) is 5.91 Å². The van der Waals surface area contributed by atoms with Gasteiger partial charge in [-0.15, -0.1) is 0 Å². The van der Waals surface area contributed by atoms with Crippen LogP contribution >= 0.6 is 0 Å².